The molecule has 0 radical (unpaired) electrons. The molecule has 0 saturated heterocycles. The van der Waals surface area contributed by atoms with Crippen molar-refractivity contribution in [2.45, 2.75) is 45.0 Å². The van der Waals surface area contributed by atoms with Crippen LogP contribution in [0.2, 0.25) is 0 Å². The van der Waals surface area contributed by atoms with Gasteiger partial charge in [-0.3, -0.25) is 9.59 Å². The SMILES string of the molecule is CCOC(=O)CCCCC(=O)c1cc(C(F)(F)F)cc(C(F)(F)F)c1. The Labute approximate surface area is 140 Å². The highest BCUT2D eigenvalue weighted by Gasteiger charge is 2.37. The molecular formula is C16H16F6O3. The van der Waals surface area contributed by atoms with Crippen molar-refractivity contribution in [3.63, 3.8) is 0 Å². The third-order valence-corrected chi connectivity index (χ3v) is 3.25. The van der Waals surface area contributed by atoms with E-state index in [2.05, 4.69) is 4.74 Å². The maximum atomic E-state index is 12.7. The number of halogens is 6. The van der Waals surface area contributed by atoms with Gasteiger partial charge in [0, 0.05) is 18.4 Å². The predicted octanol–water partition coefficient (Wildman–Crippen LogP) is 5.03. The van der Waals surface area contributed by atoms with Gasteiger partial charge in [0.25, 0.3) is 0 Å². The molecule has 0 N–H and O–H groups in total. The van der Waals surface area contributed by atoms with Gasteiger partial charge in [0.05, 0.1) is 17.7 Å². The van der Waals surface area contributed by atoms with Crippen molar-refractivity contribution < 1.29 is 40.7 Å². The van der Waals surface area contributed by atoms with Gasteiger partial charge >= 0.3 is 18.3 Å². The second-order valence-electron chi connectivity index (χ2n) is 5.23. The van der Waals surface area contributed by atoms with Gasteiger partial charge in [0.15, 0.2) is 5.78 Å². The summed E-state index contributed by atoms with van der Waals surface area (Å²) in [5.41, 5.74) is -3.72. The van der Waals surface area contributed by atoms with Crippen LogP contribution in [0.25, 0.3) is 0 Å². The smallest absolute Gasteiger partial charge is 0.416 e. The molecule has 0 fully saturated rings. The third kappa shape index (κ3) is 6.75. The molecule has 25 heavy (non-hydrogen) atoms. The average molecular weight is 370 g/mol. The Morgan fingerprint density at radius 3 is 1.80 bits per heavy atom. The van der Waals surface area contributed by atoms with Gasteiger partial charge in [-0.1, -0.05) is 0 Å². The van der Waals surface area contributed by atoms with Crippen LogP contribution >= 0.6 is 0 Å². The number of ketones is 1. The number of carbonyl (C=O) groups is 2. The molecule has 0 amide bonds. The van der Waals surface area contributed by atoms with Crippen LogP contribution in [0.15, 0.2) is 18.2 Å². The summed E-state index contributed by atoms with van der Waals surface area (Å²) in [4.78, 5) is 23.0. The topological polar surface area (TPSA) is 43.4 Å². The quantitative estimate of drug-likeness (QED) is 0.293. The lowest BCUT2D eigenvalue weighted by molar-refractivity contribution is -0.144. The first-order valence-electron chi connectivity index (χ1n) is 7.43. The maximum Gasteiger partial charge on any atom is 0.416 e. The number of Topliss-reactive ketones (excluding diaryl/α,β-unsaturated/α-hetero) is 1. The minimum Gasteiger partial charge on any atom is -0.466 e. The highest BCUT2D eigenvalue weighted by molar-refractivity contribution is 5.96. The highest BCUT2D eigenvalue weighted by atomic mass is 19.4. The predicted molar refractivity (Wildman–Crippen MR) is 75.9 cm³/mol. The van der Waals surface area contributed by atoms with E-state index in [1.54, 1.807) is 6.92 Å². The molecule has 0 unspecified atom stereocenters. The molecule has 9 heteroatoms. The molecule has 0 aromatic heterocycles. The fourth-order valence-electron chi connectivity index (χ4n) is 2.05. The molecule has 1 aromatic carbocycles. The first-order chi connectivity index (χ1) is 11.4. The zero-order chi connectivity index (χ0) is 19.3. The van der Waals surface area contributed by atoms with E-state index in [9.17, 15) is 35.9 Å². The van der Waals surface area contributed by atoms with Gasteiger partial charge in [-0.2, -0.15) is 26.3 Å². The number of benzene rings is 1. The number of carbonyl (C=O) groups excluding carboxylic acids is 2. The summed E-state index contributed by atoms with van der Waals surface area (Å²) in [7, 11) is 0. The molecule has 0 bridgehead atoms. The maximum absolute atomic E-state index is 12.7. The Kier molecular flexibility index (Phi) is 7.01. The van der Waals surface area contributed by atoms with Crippen LogP contribution in [0.1, 0.15) is 54.1 Å². The molecule has 3 nitrogen and oxygen atoms in total. The van der Waals surface area contributed by atoms with Crippen LogP contribution in [0, 0.1) is 0 Å². The van der Waals surface area contributed by atoms with E-state index >= 15 is 0 Å². The lowest BCUT2D eigenvalue weighted by atomic mass is 9.99. The number of alkyl halides is 6. The fourth-order valence-corrected chi connectivity index (χ4v) is 2.05. The van der Waals surface area contributed by atoms with E-state index in [0.717, 1.165) is 0 Å². The molecule has 1 rings (SSSR count). The van der Waals surface area contributed by atoms with E-state index in [-0.39, 0.29) is 38.4 Å². The Morgan fingerprint density at radius 1 is 0.880 bits per heavy atom. The highest BCUT2D eigenvalue weighted by Crippen LogP contribution is 2.36. The van der Waals surface area contributed by atoms with Gasteiger partial charge in [0.2, 0.25) is 0 Å². The number of ether oxygens (including phenoxy) is 1. The van der Waals surface area contributed by atoms with Crippen LogP contribution in [0.3, 0.4) is 0 Å². The summed E-state index contributed by atoms with van der Waals surface area (Å²) in [6.45, 7) is 1.81. The van der Waals surface area contributed by atoms with E-state index in [4.69, 9.17) is 0 Å². The fraction of sp³-hybridized carbons (Fsp3) is 0.500. The monoisotopic (exact) mass is 370 g/mol. The summed E-state index contributed by atoms with van der Waals surface area (Å²) >= 11 is 0. The van der Waals surface area contributed by atoms with E-state index in [1.165, 1.54) is 0 Å². The minimum absolute atomic E-state index is 0.0253. The Bertz CT molecular complexity index is 587. The summed E-state index contributed by atoms with van der Waals surface area (Å²) < 4.78 is 81.1. The average Bonchev–Trinajstić information content (AvgIpc) is 2.49. The molecule has 0 aliphatic heterocycles. The van der Waals surface area contributed by atoms with Gasteiger partial charge < -0.3 is 4.74 Å². The molecule has 0 aliphatic carbocycles. The summed E-state index contributed by atoms with van der Waals surface area (Å²) in [5, 5.41) is 0. The summed E-state index contributed by atoms with van der Waals surface area (Å²) in [6, 6.07) is 0.781. The lowest BCUT2D eigenvalue weighted by Crippen LogP contribution is -2.13. The van der Waals surface area contributed by atoms with Crippen molar-refractivity contribution in [1.29, 1.82) is 0 Å². The van der Waals surface area contributed by atoms with Gasteiger partial charge in [-0.05, 0) is 38.0 Å². The van der Waals surface area contributed by atoms with Gasteiger partial charge in [-0.25, -0.2) is 0 Å². The standard InChI is InChI=1S/C16H16F6O3/c1-2-25-14(24)6-4-3-5-13(23)10-7-11(15(17,18)19)9-12(8-10)16(20,21)22/h7-9H,2-6H2,1H3. The first kappa shape index (κ1) is 21.0. The largest absolute Gasteiger partial charge is 0.466 e. The van der Waals surface area contributed by atoms with Gasteiger partial charge in [0.1, 0.15) is 0 Å². The number of hydrogen-bond donors (Lipinski definition) is 0. The van der Waals surface area contributed by atoms with Crippen molar-refractivity contribution in [2.24, 2.45) is 0 Å². The summed E-state index contributed by atoms with van der Waals surface area (Å²) in [6.07, 6.45) is -9.85. The minimum atomic E-state index is -5.00. The molecule has 0 heterocycles. The third-order valence-electron chi connectivity index (χ3n) is 3.25. The Hall–Kier alpha value is -2.06. The van der Waals surface area contributed by atoms with Crippen LogP contribution in [0.5, 0.6) is 0 Å². The van der Waals surface area contributed by atoms with Crippen LogP contribution in [-0.2, 0) is 21.9 Å². The second kappa shape index (κ2) is 8.35. The van der Waals surface area contributed by atoms with Crippen molar-refractivity contribution >= 4 is 11.8 Å². The van der Waals surface area contributed by atoms with Gasteiger partial charge in [-0.15, -0.1) is 0 Å². The number of rotatable bonds is 7. The number of esters is 1. The first-order valence-corrected chi connectivity index (χ1v) is 7.43. The number of unbranched alkanes of at least 4 members (excludes halogenated alkanes) is 1. The molecule has 1 aromatic rings. The van der Waals surface area contributed by atoms with Crippen LogP contribution in [0.4, 0.5) is 26.3 Å². The van der Waals surface area contributed by atoms with Crippen molar-refractivity contribution in [3.8, 4) is 0 Å². The number of hydrogen-bond acceptors (Lipinski definition) is 3. The Balaban J connectivity index is 2.85. The molecule has 0 aliphatic rings. The molecular weight excluding hydrogens is 354 g/mol. The molecule has 0 saturated carbocycles. The zero-order valence-electron chi connectivity index (χ0n) is 13.3. The van der Waals surface area contributed by atoms with Crippen molar-refractivity contribution in [2.75, 3.05) is 6.61 Å². The lowest BCUT2D eigenvalue weighted by Gasteiger charge is -2.13. The van der Waals surface area contributed by atoms with E-state index in [0.29, 0.717) is 12.1 Å². The van der Waals surface area contributed by atoms with Crippen molar-refractivity contribution in [1.82, 2.24) is 0 Å². The second-order valence-corrected chi connectivity index (χ2v) is 5.23. The van der Waals surface area contributed by atoms with E-state index < -0.39 is 40.8 Å². The molecule has 140 valence electrons. The Morgan fingerprint density at radius 2 is 1.36 bits per heavy atom. The van der Waals surface area contributed by atoms with E-state index in [1.807, 2.05) is 0 Å². The summed E-state index contributed by atoms with van der Waals surface area (Å²) in [5.74, 6) is -1.33. The van der Waals surface area contributed by atoms with Crippen molar-refractivity contribution in [3.05, 3.63) is 34.9 Å². The molecule has 0 atom stereocenters. The van der Waals surface area contributed by atoms with Crippen LogP contribution in [-0.4, -0.2) is 18.4 Å². The van der Waals surface area contributed by atoms with Crippen LogP contribution < -0.4 is 0 Å². The molecule has 0 spiro atoms. The normalized spacial score (nSPS) is 12.1. The zero-order valence-corrected chi connectivity index (χ0v) is 13.3.